The number of amides is 2. The van der Waals surface area contributed by atoms with Crippen molar-refractivity contribution in [3.8, 4) is 0 Å². The molecule has 17 heavy (non-hydrogen) atoms. The zero-order chi connectivity index (χ0) is 13.0. The fourth-order valence-electron chi connectivity index (χ4n) is 1.05. The monoisotopic (exact) mass is 242 g/mol. The fraction of sp³-hybridized carbons (Fsp3) is 0.273. The zero-order valence-corrected chi connectivity index (χ0v) is 9.46. The number of hydrogen-bond acceptors (Lipinski definition) is 2. The molecule has 4 nitrogen and oxygen atoms in total. The Labute approximate surface area is 97.2 Å². The summed E-state index contributed by atoms with van der Waals surface area (Å²) >= 11 is 0. The van der Waals surface area contributed by atoms with Gasteiger partial charge in [-0.2, -0.15) is 0 Å². The van der Waals surface area contributed by atoms with Gasteiger partial charge in [-0.05, 0) is 18.2 Å². The third-order valence-corrected chi connectivity index (χ3v) is 2.08. The van der Waals surface area contributed by atoms with Gasteiger partial charge in [0.15, 0.2) is 11.6 Å². The van der Waals surface area contributed by atoms with Crippen molar-refractivity contribution in [2.75, 3.05) is 20.6 Å². The fourth-order valence-corrected chi connectivity index (χ4v) is 1.05. The second kappa shape index (κ2) is 5.38. The number of rotatable bonds is 3. The van der Waals surface area contributed by atoms with Gasteiger partial charge in [0.2, 0.25) is 5.91 Å². The van der Waals surface area contributed by atoms with Crippen molar-refractivity contribution in [1.82, 2.24) is 10.2 Å². The number of carbonyl (C=O) groups excluding carboxylic acids is 2. The molecule has 0 radical (unpaired) electrons. The van der Waals surface area contributed by atoms with Crippen LogP contribution in [0.15, 0.2) is 18.2 Å². The van der Waals surface area contributed by atoms with E-state index in [4.69, 9.17) is 0 Å². The molecule has 0 aliphatic rings. The smallest absolute Gasteiger partial charge is 0.251 e. The van der Waals surface area contributed by atoms with E-state index in [2.05, 4.69) is 5.32 Å². The average Bonchev–Trinajstić information content (AvgIpc) is 2.28. The van der Waals surface area contributed by atoms with Gasteiger partial charge < -0.3 is 10.2 Å². The quantitative estimate of drug-likeness (QED) is 0.851. The van der Waals surface area contributed by atoms with Crippen LogP contribution in [0.5, 0.6) is 0 Å². The largest absolute Gasteiger partial charge is 0.347 e. The maximum Gasteiger partial charge on any atom is 0.251 e. The van der Waals surface area contributed by atoms with Crippen LogP contribution >= 0.6 is 0 Å². The lowest BCUT2D eigenvalue weighted by molar-refractivity contribution is -0.127. The third kappa shape index (κ3) is 3.51. The summed E-state index contributed by atoms with van der Waals surface area (Å²) in [7, 11) is 3.10. The van der Waals surface area contributed by atoms with E-state index in [0.29, 0.717) is 0 Å². The summed E-state index contributed by atoms with van der Waals surface area (Å²) in [6.45, 7) is -0.190. The molecule has 0 heterocycles. The molecule has 2 amide bonds. The highest BCUT2D eigenvalue weighted by atomic mass is 19.2. The summed E-state index contributed by atoms with van der Waals surface area (Å²) < 4.78 is 25.5. The lowest BCUT2D eigenvalue weighted by atomic mass is 10.2. The van der Waals surface area contributed by atoms with Crippen LogP contribution in [0.3, 0.4) is 0 Å². The first-order chi connectivity index (χ1) is 7.91. The maximum absolute atomic E-state index is 12.8. The van der Waals surface area contributed by atoms with Gasteiger partial charge in [0.25, 0.3) is 5.91 Å². The Morgan fingerprint density at radius 1 is 1.24 bits per heavy atom. The van der Waals surface area contributed by atoms with E-state index < -0.39 is 17.5 Å². The summed E-state index contributed by atoms with van der Waals surface area (Å²) in [6.07, 6.45) is 0. The van der Waals surface area contributed by atoms with Gasteiger partial charge in [-0.3, -0.25) is 9.59 Å². The summed E-state index contributed by atoms with van der Waals surface area (Å²) in [4.78, 5) is 24.0. The molecule has 6 heteroatoms. The highest BCUT2D eigenvalue weighted by Crippen LogP contribution is 2.08. The van der Waals surface area contributed by atoms with Gasteiger partial charge in [-0.15, -0.1) is 0 Å². The summed E-state index contributed by atoms with van der Waals surface area (Å²) in [5.41, 5.74) is -0.0320. The molecule has 0 bridgehead atoms. The number of nitrogens with zero attached hydrogens (tertiary/aromatic N) is 1. The van der Waals surface area contributed by atoms with Crippen molar-refractivity contribution < 1.29 is 18.4 Å². The van der Waals surface area contributed by atoms with Crippen molar-refractivity contribution in [3.05, 3.63) is 35.4 Å². The van der Waals surface area contributed by atoms with E-state index in [-0.39, 0.29) is 18.0 Å². The van der Waals surface area contributed by atoms with E-state index >= 15 is 0 Å². The first-order valence-electron chi connectivity index (χ1n) is 4.85. The number of halogens is 2. The van der Waals surface area contributed by atoms with Crippen LogP contribution in [0, 0.1) is 11.6 Å². The molecule has 1 N–H and O–H groups in total. The SMILES string of the molecule is CN(C)C(=O)CNC(=O)c1ccc(F)c(F)c1. The predicted molar refractivity (Wildman–Crippen MR) is 57.4 cm³/mol. The number of likely N-dealkylation sites (N-methyl/N-ethyl adjacent to an activating group) is 1. The topological polar surface area (TPSA) is 49.4 Å². The van der Waals surface area contributed by atoms with Crippen LogP contribution in [0.25, 0.3) is 0 Å². The lowest BCUT2D eigenvalue weighted by Crippen LogP contribution is -2.36. The Morgan fingerprint density at radius 3 is 2.41 bits per heavy atom. The molecular weight excluding hydrogens is 230 g/mol. The van der Waals surface area contributed by atoms with Gasteiger partial charge in [0, 0.05) is 19.7 Å². The highest BCUT2D eigenvalue weighted by molar-refractivity contribution is 5.96. The molecule has 0 unspecified atom stereocenters. The lowest BCUT2D eigenvalue weighted by Gasteiger charge is -2.10. The van der Waals surface area contributed by atoms with Crippen LogP contribution in [-0.4, -0.2) is 37.4 Å². The van der Waals surface area contributed by atoms with E-state index in [1.807, 2.05) is 0 Å². The van der Waals surface area contributed by atoms with E-state index in [0.717, 1.165) is 18.2 Å². The van der Waals surface area contributed by atoms with Crippen LogP contribution in [0.2, 0.25) is 0 Å². The third-order valence-electron chi connectivity index (χ3n) is 2.08. The standard InChI is InChI=1S/C11H12F2N2O2/c1-15(2)10(16)6-14-11(17)7-3-4-8(12)9(13)5-7/h3-5H,6H2,1-2H3,(H,14,17). The first kappa shape index (κ1) is 13.1. The Morgan fingerprint density at radius 2 is 1.88 bits per heavy atom. The zero-order valence-electron chi connectivity index (χ0n) is 9.46. The van der Waals surface area contributed by atoms with Crippen LogP contribution in [0.4, 0.5) is 8.78 Å². The van der Waals surface area contributed by atoms with Crippen molar-refractivity contribution in [3.63, 3.8) is 0 Å². The van der Waals surface area contributed by atoms with Gasteiger partial charge >= 0.3 is 0 Å². The Balaban J connectivity index is 2.64. The maximum atomic E-state index is 12.8. The van der Waals surface area contributed by atoms with E-state index in [1.54, 1.807) is 14.1 Å². The van der Waals surface area contributed by atoms with Crippen molar-refractivity contribution >= 4 is 11.8 Å². The highest BCUT2D eigenvalue weighted by Gasteiger charge is 2.11. The van der Waals surface area contributed by atoms with Gasteiger partial charge in [0.1, 0.15) is 0 Å². The average molecular weight is 242 g/mol. The van der Waals surface area contributed by atoms with Crippen LogP contribution in [0.1, 0.15) is 10.4 Å². The molecule has 0 atom stereocenters. The van der Waals surface area contributed by atoms with Gasteiger partial charge in [-0.25, -0.2) is 8.78 Å². The molecule has 0 aliphatic heterocycles. The summed E-state index contributed by atoms with van der Waals surface area (Å²) in [6, 6.07) is 2.79. The van der Waals surface area contributed by atoms with Gasteiger partial charge in [-0.1, -0.05) is 0 Å². The van der Waals surface area contributed by atoms with Crippen LogP contribution in [-0.2, 0) is 4.79 Å². The number of carbonyl (C=O) groups is 2. The minimum Gasteiger partial charge on any atom is -0.347 e. The molecular formula is C11H12F2N2O2. The second-order valence-corrected chi connectivity index (χ2v) is 3.60. The number of nitrogens with one attached hydrogen (secondary N) is 1. The molecule has 0 aromatic heterocycles. The first-order valence-corrected chi connectivity index (χ1v) is 4.85. The normalized spacial score (nSPS) is 9.88. The van der Waals surface area contributed by atoms with Crippen molar-refractivity contribution in [1.29, 1.82) is 0 Å². The second-order valence-electron chi connectivity index (χ2n) is 3.60. The number of benzene rings is 1. The minimum absolute atomic E-state index is 0.0320. The molecule has 92 valence electrons. The number of hydrogen-bond donors (Lipinski definition) is 1. The Hall–Kier alpha value is -1.98. The molecule has 1 rings (SSSR count). The minimum atomic E-state index is -1.10. The Kier molecular flexibility index (Phi) is 4.14. The van der Waals surface area contributed by atoms with Crippen molar-refractivity contribution in [2.45, 2.75) is 0 Å². The predicted octanol–water partition coefficient (Wildman–Crippen LogP) is 0.783. The molecule has 1 aromatic carbocycles. The summed E-state index contributed by atoms with van der Waals surface area (Å²) in [5, 5.41) is 2.31. The molecule has 0 aliphatic carbocycles. The molecule has 0 saturated carbocycles. The molecule has 0 fully saturated rings. The summed E-state index contributed by atoms with van der Waals surface area (Å²) in [5.74, 6) is -3.04. The molecule has 0 spiro atoms. The van der Waals surface area contributed by atoms with Crippen molar-refractivity contribution in [2.24, 2.45) is 0 Å². The van der Waals surface area contributed by atoms with E-state index in [9.17, 15) is 18.4 Å². The van der Waals surface area contributed by atoms with Crippen LogP contribution < -0.4 is 5.32 Å². The van der Waals surface area contributed by atoms with Gasteiger partial charge in [0.05, 0.1) is 6.54 Å². The molecule has 0 saturated heterocycles. The Bertz CT molecular complexity index is 447. The molecule has 1 aromatic rings. The van der Waals surface area contributed by atoms with E-state index in [1.165, 1.54) is 4.90 Å².